The minimum absolute atomic E-state index is 0.198. The molecule has 0 unspecified atom stereocenters. The Kier molecular flexibility index (Phi) is 3.95. The van der Waals surface area contributed by atoms with Crippen molar-refractivity contribution >= 4 is 45.1 Å². The molecule has 0 bridgehead atoms. The summed E-state index contributed by atoms with van der Waals surface area (Å²) >= 11 is 15.0. The predicted molar refractivity (Wildman–Crippen MR) is 76.6 cm³/mol. The molecule has 0 heterocycles. The van der Waals surface area contributed by atoms with Gasteiger partial charge in [0.25, 0.3) is 0 Å². The molecule has 2 rings (SSSR count). The fourth-order valence-corrected chi connectivity index (χ4v) is 2.53. The van der Waals surface area contributed by atoms with E-state index in [1.807, 2.05) is 0 Å². The summed E-state index contributed by atoms with van der Waals surface area (Å²) in [5.41, 5.74) is 1.73. The summed E-state index contributed by atoms with van der Waals surface area (Å²) in [6.07, 6.45) is 0. The monoisotopic (exact) mass is 344 g/mol. The molecule has 2 aromatic rings. The molecule has 0 aliphatic carbocycles. The number of hydrogen-bond donors (Lipinski definition) is 1. The first-order valence-corrected chi connectivity index (χ1v) is 6.51. The SMILES string of the molecule is O=C(O)c1cc(-c2cc(Cl)cc(Cl)c2)ccc1Br. The molecule has 0 aliphatic heterocycles. The van der Waals surface area contributed by atoms with Crippen LogP contribution in [0.5, 0.6) is 0 Å². The number of rotatable bonds is 2. The highest BCUT2D eigenvalue weighted by Gasteiger charge is 2.10. The second kappa shape index (κ2) is 5.31. The molecular formula is C13H7BrCl2O2. The molecule has 5 heteroatoms. The highest BCUT2D eigenvalue weighted by molar-refractivity contribution is 9.10. The van der Waals surface area contributed by atoms with Gasteiger partial charge in [-0.2, -0.15) is 0 Å². The summed E-state index contributed by atoms with van der Waals surface area (Å²) in [4.78, 5) is 11.1. The zero-order chi connectivity index (χ0) is 13.3. The first kappa shape index (κ1) is 13.4. The summed E-state index contributed by atoms with van der Waals surface area (Å²) in [5, 5.41) is 10.1. The van der Waals surface area contributed by atoms with Gasteiger partial charge < -0.3 is 5.11 Å². The zero-order valence-corrected chi connectivity index (χ0v) is 12.1. The summed E-state index contributed by atoms with van der Waals surface area (Å²) in [7, 11) is 0. The van der Waals surface area contributed by atoms with Crippen molar-refractivity contribution in [3.63, 3.8) is 0 Å². The van der Waals surface area contributed by atoms with Gasteiger partial charge in [-0.3, -0.25) is 0 Å². The lowest BCUT2D eigenvalue weighted by Crippen LogP contribution is -1.97. The molecule has 0 amide bonds. The van der Waals surface area contributed by atoms with Gasteiger partial charge in [-0.1, -0.05) is 29.3 Å². The number of carboxylic acid groups (broad SMARTS) is 1. The molecule has 0 fully saturated rings. The van der Waals surface area contributed by atoms with E-state index in [0.717, 1.165) is 11.1 Å². The number of carboxylic acids is 1. The number of halogens is 3. The molecule has 0 atom stereocenters. The van der Waals surface area contributed by atoms with Crippen molar-refractivity contribution < 1.29 is 9.90 Å². The normalized spacial score (nSPS) is 10.4. The van der Waals surface area contributed by atoms with Crippen LogP contribution in [0.2, 0.25) is 10.0 Å². The molecular weight excluding hydrogens is 339 g/mol. The third-order valence-electron chi connectivity index (χ3n) is 2.39. The van der Waals surface area contributed by atoms with Crippen molar-refractivity contribution in [2.45, 2.75) is 0 Å². The van der Waals surface area contributed by atoms with Crippen LogP contribution in [0.25, 0.3) is 11.1 Å². The first-order valence-electron chi connectivity index (χ1n) is 4.96. The molecule has 0 saturated carbocycles. The van der Waals surface area contributed by atoms with E-state index in [-0.39, 0.29) is 5.56 Å². The Hall–Kier alpha value is -1.03. The standard InChI is InChI=1S/C13H7BrCl2O2/c14-12-2-1-7(5-11(12)13(17)18)8-3-9(15)6-10(16)4-8/h1-6H,(H,17,18). The Morgan fingerprint density at radius 3 is 2.17 bits per heavy atom. The Labute approximate surface area is 122 Å². The molecule has 2 nitrogen and oxygen atoms in total. The Bertz CT molecular complexity index is 606. The van der Waals surface area contributed by atoms with E-state index < -0.39 is 5.97 Å². The van der Waals surface area contributed by atoms with Crippen molar-refractivity contribution in [3.05, 3.63) is 56.5 Å². The second-order valence-electron chi connectivity index (χ2n) is 3.66. The molecule has 0 saturated heterocycles. The Balaban J connectivity index is 2.57. The quantitative estimate of drug-likeness (QED) is 0.820. The smallest absolute Gasteiger partial charge is 0.336 e. The van der Waals surface area contributed by atoms with Gasteiger partial charge in [-0.15, -0.1) is 0 Å². The minimum atomic E-state index is -0.989. The van der Waals surface area contributed by atoms with E-state index in [9.17, 15) is 4.79 Å². The van der Waals surface area contributed by atoms with Crippen LogP contribution in [-0.4, -0.2) is 11.1 Å². The van der Waals surface area contributed by atoms with Crippen LogP contribution in [0.4, 0.5) is 0 Å². The molecule has 1 N–H and O–H groups in total. The fraction of sp³-hybridized carbons (Fsp3) is 0. The van der Waals surface area contributed by atoms with E-state index in [4.69, 9.17) is 28.3 Å². The van der Waals surface area contributed by atoms with E-state index in [1.165, 1.54) is 0 Å². The van der Waals surface area contributed by atoms with Crippen molar-refractivity contribution in [2.24, 2.45) is 0 Å². The van der Waals surface area contributed by atoms with Crippen LogP contribution in [0.1, 0.15) is 10.4 Å². The van der Waals surface area contributed by atoms with Crippen molar-refractivity contribution in [1.82, 2.24) is 0 Å². The van der Waals surface area contributed by atoms with Gasteiger partial charge in [0, 0.05) is 14.5 Å². The van der Waals surface area contributed by atoms with Gasteiger partial charge in [0.05, 0.1) is 5.56 Å². The number of hydrogen-bond acceptors (Lipinski definition) is 1. The van der Waals surface area contributed by atoms with Crippen LogP contribution in [0.3, 0.4) is 0 Å². The lowest BCUT2D eigenvalue weighted by molar-refractivity contribution is 0.0696. The molecule has 2 aromatic carbocycles. The van der Waals surface area contributed by atoms with Crippen LogP contribution < -0.4 is 0 Å². The van der Waals surface area contributed by atoms with Crippen molar-refractivity contribution in [1.29, 1.82) is 0 Å². The van der Waals surface area contributed by atoms with Crippen LogP contribution in [0.15, 0.2) is 40.9 Å². The van der Waals surface area contributed by atoms with Crippen molar-refractivity contribution in [3.8, 4) is 11.1 Å². The summed E-state index contributed by atoms with van der Waals surface area (Å²) in [6, 6.07) is 10.2. The summed E-state index contributed by atoms with van der Waals surface area (Å²) in [5.74, 6) is -0.989. The number of aromatic carboxylic acids is 1. The van der Waals surface area contributed by atoms with Crippen LogP contribution in [-0.2, 0) is 0 Å². The zero-order valence-electron chi connectivity index (χ0n) is 8.95. The van der Waals surface area contributed by atoms with Gasteiger partial charge >= 0.3 is 5.97 Å². The Morgan fingerprint density at radius 2 is 1.61 bits per heavy atom. The molecule has 0 aliphatic rings. The fourth-order valence-electron chi connectivity index (χ4n) is 1.59. The van der Waals surface area contributed by atoms with E-state index in [0.29, 0.717) is 14.5 Å². The van der Waals surface area contributed by atoms with E-state index in [1.54, 1.807) is 36.4 Å². The lowest BCUT2D eigenvalue weighted by Gasteiger charge is -2.06. The first-order chi connectivity index (χ1) is 8.47. The number of benzene rings is 2. The second-order valence-corrected chi connectivity index (χ2v) is 5.39. The average molecular weight is 346 g/mol. The Morgan fingerprint density at radius 1 is 1.00 bits per heavy atom. The molecule has 0 spiro atoms. The maximum absolute atomic E-state index is 11.1. The highest BCUT2D eigenvalue weighted by atomic mass is 79.9. The minimum Gasteiger partial charge on any atom is -0.478 e. The molecule has 0 radical (unpaired) electrons. The van der Waals surface area contributed by atoms with Crippen molar-refractivity contribution in [2.75, 3.05) is 0 Å². The van der Waals surface area contributed by atoms with Gasteiger partial charge in [0.1, 0.15) is 0 Å². The third kappa shape index (κ3) is 2.86. The summed E-state index contributed by atoms with van der Waals surface area (Å²) in [6.45, 7) is 0. The van der Waals surface area contributed by atoms with Crippen LogP contribution in [0, 0.1) is 0 Å². The topological polar surface area (TPSA) is 37.3 Å². The average Bonchev–Trinajstić information content (AvgIpc) is 2.27. The third-order valence-corrected chi connectivity index (χ3v) is 3.52. The van der Waals surface area contributed by atoms with Gasteiger partial charge in [0.15, 0.2) is 0 Å². The van der Waals surface area contributed by atoms with E-state index >= 15 is 0 Å². The van der Waals surface area contributed by atoms with Gasteiger partial charge in [-0.25, -0.2) is 4.79 Å². The summed E-state index contributed by atoms with van der Waals surface area (Å²) < 4.78 is 0.534. The lowest BCUT2D eigenvalue weighted by atomic mass is 10.0. The largest absolute Gasteiger partial charge is 0.478 e. The molecule has 92 valence electrons. The maximum atomic E-state index is 11.1. The predicted octanol–water partition coefficient (Wildman–Crippen LogP) is 5.12. The van der Waals surface area contributed by atoms with Gasteiger partial charge in [0.2, 0.25) is 0 Å². The van der Waals surface area contributed by atoms with Gasteiger partial charge in [-0.05, 0) is 57.4 Å². The molecule has 0 aromatic heterocycles. The van der Waals surface area contributed by atoms with Crippen LogP contribution >= 0.6 is 39.1 Å². The highest BCUT2D eigenvalue weighted by Crippen LogP contribution is 2.30. The molecule has 18 heavy (non-hydrogen) atoms. The van der Waals surface area contributed by atoms with E-state index in [2.05, 4.69) is 15.9 Å². The maximum Gasteiger partial charge on any atom is 0.336 e. The number of carbonyl (C=O) groups is 1.